The predicted octanol–water partition coefficient (Wildman–Crippen LogP) is -0.313. The number of rotatable bonds is 6. The molecule has 2 unspecified atom stereocenters. The Bertz CT molecular complexity index is 154. The molecule has 0 aliphatic rings. The summed E-state index contributed by atoms with van der Waals surface area (Å²) in [5, 5.41) is 11.9. The number of hydrogen-bond donors (Lipinski definition) is 2. The van der Waals surface area contributed by atoms with Crippen LogP contribution in [-0.4, -0.2) is 32.7 Å². The molecular formula is C8H19NO3Si. The second kappa shape index (κ2) is 7.05. The largest absolute Gasteiger partial charge is 0.398 e. The summed E-state index contributed by atoms with van der Waals surface area (Å²) < 4.78 is 5.18. The van der Waals surface area contributed by atoms with Crippen molar-refractivity contribution in [2.75, 3.05) is 0 Å². The lowest BCUT2D eigenvalue weighted by Crippen LogP contribution is -2.38. The minimum absolute atomic E-state index is 0.0367. The Hall–Kier alpha value is -0.393. The van der Waals surface area contributed by atoms with Crippen molar-refractivity contribution in [3.05, 3.63) is 0 Å². The summed E-state index contributed by atoms with van der Waals surface area (Å²) >= 11 is 0. The smallest absolute Gasteiger partial charge is 0.219 e. The van der Waals surface area contributed by atoms with Crippen LogP contribution in [0.15, 0.2) is 0 Å². The van der Waals surface area contributed by atoms with Crippen LogP contribution in [0.2, 0.25) is 0 Å². The lowest BCUT2D eigenvalue weighted by molar-refractivity contribution is -0.121. The number of nitrogens with one attached hydrogen (secondary N) is 1. The number of aliphatic hydroxyl groups excluding tert-OH is 1. The Labute approximate surface area is 81.6 Å². The second-order valence-corrected chi connectivity index (χ2v) is 4.91. The number of hydrogen-bond acceptors (Lipinski definition) is 3. The topological polar surface area (TPSA) is 58.6 Å². The first-order valence-electron chi connectivity index (χ1n) is 4.69. The highest BCUT2D eigenvalue weighted by atomic mass is 28.2. The summed E-state index contributed by atoms with van der Waals surface area (Å²) in [5.74, 6) is 0.0367. The van der Waals surface area contributed by atoms with Crippen molar-refractivity contribution in [3.63, 3.8) is 0 Å². The van der Waals surface area contributed by atoms with Gasteiger partial charge in [0.1, 0.15) is 6.29 Å². The van der Waals surface area contributed by atoms with Crippen molar-refractivity contribution >= 4 is 15.7 Å². The predicted molar refractivity (Wildman–Crippen MR) is 53.8 cm³/mol. The molecule has 0 fully saturated rings. The van der Waals surface area contributed by atoms with E-state index in [4.69, 9.17) is 9.53 Å². The van der Waals surface area contributed by atoms with Crippen LogP contribution in [0.3, 0.4) is 0 Å². The first kappa shape index (κ1) is 12.6. The van der Waals surface area contributed by atoms with E-state index >= 15 is 0 Å². The molecule has 2 atom stereocenters. The Kier molecular flexibility index (Phi) is 6.84. The minimum Gasteiger partial charge on any atom is -0.398 e. The van der Waals surface area contributed by atoms with Crippen molar-refractivity contribution in [2.24, 2.45) is 0 Å². The Morgan fingerprint density at radius 1 is 1.62 bits per heavy atom. The fraction of sp³-hybridized carbons (Fsp3) is 0.875. The molecule has 0 aromatic carbocycles. The quantitative estimate of drug-likeness (QED) is 0.462. The van der Waals surface area contributed by atoms with Crippen molar-refractivity contribution in [1.82, 2.24) is 5.32 Å². The van der Waals surface area contributed by atoms with E-state index in [0.717, 1.165) is 0 Å². The molecule has 78 valence electrons. The monoisotopic (exact) mass is 205 g/mol. The van der Waals surface area contributed by atoms with E-state index in [0.29, 0.717) is 12.8 Å². The van der Waals surface area contributed by atoms with Gasteiger partial charge in [0, 0.05) is 12.1 Å². The normalized spacial score (nSPS) is 16.0. The molecule has 0 heterocycles. The summed E-state index contributed by atoms with van der Waals surface area (Å²) in [6.07, 6.45) is 0.434. The van der Waals surface area contributed by atoms with Crippen LogP contribution in [-0.2, 0) is 9.22 Å². The van der Waals surface area contributed by atoms with Crippen LogP contribution in [0.4, 0.5) is 0 Å². The van der Waals surface area contributed by atoms with Gasteiger partial charge in [-0.15, -0.1) is 0 Å². The first-order valence-corrected chi connectivity index (χ1v) is 6.08. The first-order chi connectivity index (χ1) is 6.10. The lowest BCUT2D eigenvalue weighted by atomic mass is 10.4. The average Bonchev–Trinajstić information content (AvgIpc) is 2.13. The van der Waals surface area contributed by atoms with E-state index in [2.05, 4.69) is 5.32 Å². The van der Waals surface area contributed by atoms with E-state index < -0.39 is 16.1 Å². The van der Waals surface area contributed by atoms with Gasteiger partial charge in [0.05, 0.1) is 0 Å². The zero-order chi connectivity index (χ0) is 10.3. The van der Waals surface area contributed by atoms with Gasteiger partial charge in [-0.25, -0.2) is 0 Å². The van der Waals surface area contributed by atoms with Crippen LogP contribution in [0.1, 0.15) is 33.6 Å². The summed E-state index contributed by atoms with van der Waals surface area (Å²) in [7, 11) is -0.857. The summed E-state index contributed by atoms with van der Waals surface area (Å²) in [6, 6.07) is 0. The molecule has 1 amide bonds. The van der Waals surface area contributed by atoms with Gasteiger partial charge in [-0.2, -0.15) is 0 Å². The molecule has 0 radical (unpaired) electrons. The Morgan fingerprint density at radius 3 is 2.69 bits per heavy atom. The van der Waals surface area contributed by atoms with Crippen molar-refractivity contribution in [3.8, 4) is 0 Å². The minimum atomic E-state index is -0.857. The molecule has 4 nitrogen and oxygen atoms in total. The number of carbonyl (C=O) groups excluding carboxylic acids is 1. The molecule has 0 aliphatic carbocycles. The van der Waals surface area contributed by atoms with E-state index in [1.807, 2.05) is 20.8 Å². The SMILES string of the molecule is CCC(=O)NC(C)[SiH2]OC(O)CC. The standard InChI is InChI=1S/C8H19NO3Si/c1-4-7(10)9-6(3)13-12-8(11)5-2/h6,8,11H,4-5,13H2,1-3H3,(H,9,10). The molecule has 0 aliphatic heterocycles. The molecule has 0 aromatic heterocycles. The van der Waals surface area contributed by atoms with E-state index in [-0.39, 0.29) is 11.6 Å². The van der Waals surface area contributed by atoms with Gasteiger partial charge in [0.15, 0.2) is 9.76 Å². The van der Waals surface area contributed by atoms with Crippen molar-refractivity contribution in [2.45, 2.75) is 45.6 Å². The molecule has 0 saturated carbocycles. The highest BCUT2D eigenvalue weighted by Gasteiger charge is 2.08. The zero-order valence-corrected chi connectivity index (χ0v) is 9.95. The third kappa shape index (κ3) is 6.74. The lowest BCUT2D eigenvalue weighted by Gasteiger charge is -2.15. The maximum Gasteiger partial charge on any atom is 0.219 e. The fourth-order valence-corrected chi connectivity index (χ4v) is 1.85. The van der Waals surface area contributed by atoms with Gasteiger partial charge >= 0.3 is 0 Å². The summed E-state index contributed by atoms with van der Waals surface area (Å²) in [5.41, 5.74) is 0.0913. The Balaban J connectivity index is 3.50. The zero-order valence-electron chi connectivity index (χ0n) is 8.54. The molecule has 0 bridgehead atoms. The van der Waals surface area contributed by atoms with Crippen LogP contribution < -0.4 is 5.32 Å². The van der Waals surface area contributed by atoms with Gasteiger partial charge in [-0.05, 0) is 13.3 Å². The number of amides is 1. The van der Waals surface area contributed by atoms with Crippen LogP contribution >= 0.6 is 0 Å². The van der Waals surface area contributed by atoms with Gasteiger partial charge in [-0.3, -0.25) is 4.79 Å². The molecule has 0 spiro atoms. The van der Waals surface area contributed by atoms with Crippen LogP contribution in [0.5, 0.6) is 0 Å². The summed E-state index contributed by atoms with van der Waals surface area (Å²) in [4.78, 5) is 10.9. The van der Waals surface area contributed by atoms with Crippen molar-refractivity contribution < 1.29 is 14.3 Å². The van der Waals surface area contributed by atoms with Crippen LogP contribution in [0.25, 0.3) is 0 Å². The molecular weight excluding hydrogens is 186 g/mol. The van der Waals surface area contributed by atoms with E-state index in [9.17, 15) is 4.79 Å². The highest BCUT2D eigenvalue weighted by molar-refractivity contribution is 6.30. The summed E-state index contributed by atoms with van der Waals surface area (Å²) in [6.45, 7) is 5.57. The van der Waals surface area contributed by atoms with Gasteiger partial charge in [0.2, 0.25) is 5.91 Å². The van der Waals surface area contributed by atoms with Gasteiger partial charge in [-0.1, -0.05) is 13.8 Å². The average molecular weight is 205 g/mol. The van der Waals surface area contributed by atoms with E-state index in [1.54, 1.807) is 0 Å². The molecule has 13 heavy (non-hydrogen) atoms. The third-order valence-electron chi connectivity index (χ3n) is 1.62. The maximum absolute atomic E-state index is 10.9. The Morgan fingerprint density at radius 2 is 2.23 bits per heavy atom. The molecule has 5 heteroatoms. The fourth-order valence-electron chi connectivity index (χ4n) is 0.792. The molecule has 0 saturated heterocycles. The van der Waals surface area contributed by atoms with Crippen LogP contribution in [0, 0.1) is 0 Å². The highest BCUT2D eigenvalue weighted by Crippen LogP contribution is 1.92. The second-order valence-electron chi connectivity index (χ2n) is 3.02. The maximum atomic E-state index is 10.9. The third-order valence-corrected chi connectivity index (χ3v) is 2.90. The number of aliphatic hydroxyl groups is 1. The molecule has 0 rings (SSSR count). The van der Waals surface area contributed by atoms with E-state index in [1.165, 1.54) is 0 Å². The van der Waals surface area contributed by atoms with Crippen molar-refractivity contribution in [1.29, 1.82) is 0 Å². The molecule has 0 aromatic rings. The number of carbonyl (C=O) groups is 1. The molecule has 2 N–H and O–H groups in total. The van der Waals surface area contributed by atoms with Gasteiger partial charge in [0.25, 0.3) is 0 Å². The van der Waals surface area contributed by atoms with Gasteiger partial charge < -0.3 is 14.8 Å².